The first-order valence-electron chi connectivity index (χ1n) is 8.53. The van der Waals surface area contributed by atoms with Gasteiger partial charge < -0.3 is 23.7 Å². The van der Waals surface area contributed by atoms with Crippen LogP contribution in [-0.2, 0) is 12.7 Å². The molecule has 1 N–H and O–H groups in total. The number of alkyl halides is 3. The number of nitrogens with zero attached hydrogens (tertiary/aromatic N) is 2. The number of benzene rings is 2. The number of aromatic amines is 1. The van der Waals surface area contributed by atoms with E-state index in [-0.39, 0.29) is 31.1 Å². The Morgan fingerprint density at radius 3 is 2.32 bits per heavy atom. The van der Waals surface area contributed by atoms with Crippen molar-refractivity contribution in [3.63, 3.8) is 0 Å². The van der Waals surface area contributed by atoms with Crippen LogP contribution >= 0.6 is 0 Å². The van der Waals surface area contributed by atoms with Crippen LogP contribution in [0.25, 0.3) is 22.6 Å². The van der Waals surface area contributed by atoms with Crippen LogP contribution in [0.4, 0.5) is 13.2 Å². The molecule has 1 heterocycles. The summed E-state index contributed by atoms with van der Waals surface area (Å²) in [5.74, 6) is 0.611. The maximum atomic E-state index is 12.9. The Kier molecular flexibility index (Phi) is 7.94. The summed E-state index contributed by atoms with van der Waals surface area (Å²) in [6.07, 6.45) is -2.82. The fourth-order valence-corrected chi connectivity index (χ4v) is 2.82. The van der Waals surface area contributed by atoms with E-state index in [1.807, 2.05) is 24.3 Å². The molecule has 0 fully saturated rings. The van der Waals surface area contributed by atoms with Crippen LogP contribution in [0.2, 0.25) is 0 Å². The Balaban J connectivity index is 0.00000280. The van der Waals surface area contributed by atoms with Crippen LogP contribution in [0.1, 0.15) is 11.1 Å². The van der Waals surface area contributed by atoms with E-state index in [0.717, 1.165) is 29.8 Å². The zero-order valence-corrected chi connectivity index (χ0v) is 19.4. The zero-order chi connectivity index (χ0) is 19.4. The Morgan fingerprint density at radius 2 is 1.64 bits per heavy atom. The first-order chi connectivity index (χ1) is 12.9. The molecular formula is C21H20F3N3U. The Morgan fingerprint density at radius 1 is 0.964 bits per heavy atom. The quantitative estimate of drug-likeness (QED) is 0.389. The number of hydrogen-bond acceptors (Lipinski definition) is 2. The summed E-state index contributed by atoms with van der Waals surface area (Å²) in [4.78, 5) is 9.55. The van der Waals surface area contributed by atoms with E-state index < -0.39 is 11.7 Å². The van der Waals surface area contributed by atoms with Crippen molar-refractivity contribution in [1.29, 1.82) is 0 Å². The minimum atomic E-state index is -4.37. The van der Waals surface area contributed by atoms with Crippen molar-refractivity contribution in [2.24, 2.45) is 0 Å². The summed E-state index contributed by atoms with van der Waals surface area (Å²) in [6, 6.07) is 13.1. The summed E-state index contributed by atoms with van der Waals surface area (Å²) in [5, 5.41) is 0. The topological polar surface area (TPSA) is 31.9 Å². The molecule has 0 bridgehead atoms. The number of H-pyrrole nitrogens is 1. The van der Waals surface area contributed by atoms with Crippen LogP contribution in [0, 0.1) is 45.0 Å². The molecule has 0 aliphatic carbocycles. The van der Waals surface area contributed by atoms with Gasteiger partial charge in [-0.25, -0.2) is 4.98 Å². The first kappa shape index (κ1) is 22.7. The normalized spacial score (nSPS) is 11.5. The maximum absolute atomic E-state index is 12.9. The van der Waals surface area contributed by atoms with Crippen LogP contribution in [0.5, 0.6) is 0 Å². The molecule has 0 radical (unpaired) electrons. The maximum Gasteiger partial charge on any atom is 2.00 e. The summed E-state index contributed by atoms with van der Waals surface area (Å²) in [7, 11) is 0. The van der Waals surface area contributed by atoms with Gasteiger partial charge in [-0.3, -0.25) is 0 Å². The average Bonchev–Trinajstić information content (AvgIpc) is 3.16. The van der Waals surface area contributed by atoms with E-state index in [1.165, 1.54) is 6.07 Å². The van der Waals surface area contributed by atoms with E-state index >= 15 is 0 Å². The average molecular weight is 609 g/mol. The van der Waals surface area contributed by atoms with Gasteiger partial charge in [0.1, 0.15) is 5.82 Å². The molecule has 144 valence electrons. The van der Waals surface area contributed by atoms with Crippen molar-refractivity contribution in [3.8, 4) is 22.6 Å². The summed E-state index contributed by atoms with van der Waals surface area (Å²) >= 11 is 0. The Hall–Kier alpha value is -1.55. The molecule has 0 amide bonds. The molecule has 0 aliphatic rings. The summed E-state index contributed by atoms with van der Waals surface area (Å²) < 4.78 is 38.8. The Labute approximate surface area is 186 Å². The summed E-state index contributed by atoms with van der Waals surface area (Å²) in [5.41, 5.74) is 2.27. The second kappa shape index (κ2) is 9.78. The number of imidazole rings is 1. The third kappa shape index (κ3) is 5.50. The van der Waals surface area contributed by atoms with Gasteiger partial charge in [0.2, 0.25) is 0 Å². The van der Waals surface area contributed by atoms with Gasteiger partial charge in [-0.1, -0.05) is 30.3 Å². The molecule has 0 aliphatic heterocycles. The van der Waals surface area contributed by atoms with E-state index in [9.17, 15) is 13.2 Å². The third-order valence-electron chi connectivity index (χ3n) is 4.32. The molecule has 3 aromatic rings. The first-order valence-corrected chi connectivity index (χ1v) is 8.53. The second-order valence-electron chi connectivity index (χ2n) is 6.20. The van der Waals surface area contributed by atoms with Crippen molar-refractivity contribution in [3.05, 3.63) is 79.7 Å². The largest absolute Gasteiger partial charge is 2.00 e. The summed E-state index contributed by atoms with van der Waals surface area (Å²) in [6.45, 7) is 9.81. The predicted octanol–water partition coefficient (Wildman–Crippen LogP) is 5.23. The second-order valence-corrected chi connectivity index (χ2v) is 6.20. The van der Waals surface area contributed by atoms with Crippen LogP contribution < -0.4 is 0 Å². The number of hydrogen-bond donors (Lipinski definition) is 1. The van der Waals surface area contributed by atoms with Gasteiger partial charge in [0, 0.05) is 17.7 Å². The van der Waals surface area contributed by atoms with Crippen molar-refractivity contribution < 1.29 is 44.3 Å². The van der Waals surface area contributed by atoms with Crippen molar-refractivity contribution in [1.82, 2.24) is 14.9 Å². The monoisotopic (exact) mass is 609 g/mol. The van der Waals surface area contributed by atoms with Gasteiger partial charge in [-0.05, 0) is 23.8 Å². The van der Waals surface area contributed by atoms with Gasteiger partial charge in [0.15, 0.2) is 0 Å². The van der Waals surface area contributed by atoms with E-state index in [4.69, 9.17) is 0 Å². The van der Waals surface area contributed by atoms with Crippen molar-refractivity contribution in [2.75, 3.05) is 13.1 Å². The van der Waals surface area contributed by atoms with E-state index in [2.05, 4.69) is 28.7 Å². The fraction of sp³-hybridized carbons (Fsp3) is 0.190. The van der Waals surface area contributed by atoms with E-state index in [0.29, 0.717) is 30.2 Å². The minimum Gasteiger partial charge on any atom is -0.359 e. The zero-order valence-electron chi connectivity index (χ0n) is 15.3. The van der Waals surface area contributed by atoms with Crippen molar-refractivity contribution in [2.45, 2.75) is 12.7 Å². The number of aromatic nitrogens is 2. The van der Waals surface area contributed by atoms with Crippen molar-refractivity contribution >= 4 is 0 Å². The van der Waals surface area contributed by atoms with Gasteiger partial charge >= 0.3 is 37.3 Å². The van der Waals surface area contributed by atoms with Gasteiger partial charge in [0.25, 0.3) is 0 Å². The van der Waals surface area contributed by atoms with Gasteiger partial charge in [-0.15, -0.1) is 13.1 Å². The molecule has 0 saturated carbocycles. The van der Waals surface area contributed by atoms with E-state index in [1.54, 1.807) is 12.3 Å². The number of rotatable bonds is 6. The Bertz CT molecular complexity index is 902. The molecular weight excluding hydrogens is 589 g/mol. The smallest absolute Gasteiger partial charge is 0.359 e. The molecule has 3 nitrogen and oxygen atoms in total. The number of nitrogens with one attached hydrogen (secondary N) is 1. The molecule has 1 aromatic heterocycles. The van der Waals surface area contributed by atoms with Gasteiger partial charge in [0.05, 0.1) is 17.5 Å². The van der Waals surface area contributed by atoms with Crippen LogP contribution in [0.15, 0.2) is 54.7 Å². The molecule has 0 spiro atoms. The molecule has 0 unspecified atom stereocenters. The molecule has 0 atom stereocenters. The molecule has 7 heteroatoms. The SMILES string of the molecule is [CH2-]CN(C[CH2-])Cc1cccc(-c2ncc(-c3cccc(C(F)(F)F)c3)[nH]2)c1.[U+2]. The predicted molar refractivity (Wildman–Crippen MR) is 100 cm³/mol. The minimum absolute atomic E-state index is 0. The van der Waals surface area contributed by atoms with Crippen LogP contribution in [-0.4, -0.2) is 28.0 Å². The van der Waals surface area contributed by atoms with Gasteiger partial charge in [-0.2, -0.15) is 13.2 Å². The molecule has 28 heavy (non-hydrogen) atoms. The number of halogens is 3. The standard InChI is InChI=1S/C21H20F3N3.U/c1-3-27(4-2)14-15-7-5-9-17(11-15)20-25-13-19(26-20)16-8-6-10-18(12-16)21(22,23)24;/h5-13H,1-4,14H2,(H,25,26);/q-2;+2. The van der Waals surface area contributed by atoms with Crippen LogP contribution in [0.3, 0.4) is 0 Å². The fourth-order valence-electron chi connectivity index (χ4n) is 2.82. The molecule has 2 aromatic carbocycles. The third-order valence-corrected chi connectivity index (χ3v) is 4.32. The molecule has 0 saturated heterocycles. The molecule has 3 rings (SSSR count).